The third-order valence-electron chi connectivity index (χ3n) is 3.93. The summed E-state index contributed by atoms with van der Waals surface area (Å²) in [6, 6.07) is 7.27. The number of nitrogens with zero attached hydrogens (tertiary/aromatic N) is 3. The number of nitrogens with one attached hydrogen (secondary N) is 1. The van der Waals surface area contributed by atoms with E-state index in [1.807, 2.05) is 18.3 Å². The van der Waals surface area contributed by atoms with Crippen molar-refractivity contribution in [1.82, 2.24) is 14.8 Å². The van der Waals surface area contributed by atoms with E-state index in [2.05, 4.69) is 20.1 Å². The number of thiazole rings is 1. The Morgan fingerprint density at radius 1 is 1.25 bits per heavy atom. The summed E-state index contributed by atoms with van der Waals surface area (Å²) in [5.74, 6) is -0.0354. The quantitative estimate of drug-likeness (QED) is 0.849. The van der Waals surface area contributed by atoms with Crippen LogP contribution < -0.4 is 11.1 Å². The molecular formula is C16H20ClN5OS. The second kappa shape index (κ2) is 7.94. The lowest BCUT2D eigenvalue weighted by atomic mass is 10.3. The van der Waals surface area contributed by atoms with E-state index in [-0.39, 0.29) is 5.91 Å². The fourth-order valence-electron chi connectivity index (χ4n) is 2.68. The van der Waals surface area contributed by atoms with Crippen molar-refractivity contribution in [2.45, 2.75) is 6.54 Å². The molecule has 3 N–H and O–H groups in total. The first-order valence-electron chi connectivity index (χ1n) is 7.79. The van der Waals surface area contributed by atoms with Crippen LogP contribution in [0, 0.1) is 0 Å². The molecule has 128 valence electrons. The summed E-state index contributed by atoms with van der Waals surface area (Å²) in [5.41, 5.74) is 6.32. The van der Waals surface area contributed by atoms with Gasteiger partial charge in [-0.2, -0.15) is 0 Å². The van der Waals surface area contributed by atoms with Crippen LogP contribution in [0.25, 0.3) is 0 Å². The van der Waals surface area contributed by atoms with Gasteiger partial charge in [-0.05, 0) is 12.1 Å². The first kappa shape index (κ1) is 17.2. The summed E-state index contributed by atoms with van der Waals surface area (Å²) in [7, 11) is 0. The minimum absolute atomic E-state index is 0.0354. The van der Waals surface area contributed by atoms with Crippen molar-refractivity contribution in [3.8, 4) is 0 Å². The summed E-state index contributed by atoms with van der Waals surface area (Å²) in [4.78, 5) is 21.9. The number of para-hydroxylation sites is 1. The number of nitrogens with two attached hydrogens (primary N) is 1. The SMILES string of the molecule is Nc1ncc(CN2CCN(CC(=O)Nc3ccccc3Cl)CC2)s1. The van der Waals surface area contributed by atoms with Crippen LogP contribution in [0.5, 0.6) is 0 Å². The van der Waals surface area contributed by atoms with Gasteiger partial charge in [0.2, 0.25) is 5.91 Å². The van der Waals surface area contributed by atoms with Crippen LogP contribution in [0.2, 0.25) is 5.02 Å². The predicted octanol–water partition coefficient (Wildman–Crippen LogP) is 2.13. The minimum atomic E-state index is -0.0354. The second-order valence-electron chi connectivity index (χ2n) is 5.75. The minimum Gasteiger partial charge on any atom is -0.375 e. The van der Waals surface area contributed by atoms with E-state index in [1.165, 1.54) is 16.2 Å². The predicted molar refractivity (Wildman–Crippen MR) is 98.3 cm³/mol. The number of hydrogen-bond acceptors (Lipinski definition) is 6. The highest BCUT2D eigenvalue weighted by atomic mass is 35.5. The average Bonchev–Trinajstić information content (AvgIpc) is 2.96. The molecule has 2 heterocycles. The number of aromatic nitrogens is 1. The Balaban J connectivity index is 1.43. The van der Waals surface area contributed by atoms with E-state index < -0.39 is 0 Å². The molecule has 1 aliphatic heterocycles. The monoisotopic (exact) mass is 365 g/mol. The van der Waals surface area contributed by atoms with Gasteiger partial charge < -0.3 is 11.1 Å². The van der Waals surface area contributed by atoms with Crippen molar-refractivity contribution >= 4 is 39.7 Å². The maximum atomic E-state index is 12.2. The van der Waals surface area contributed by atoms with Gasteiger partial charge in [0.25, 0.3) is 0 Å². The van der Waals surface area contributed by atoms with Crippen LogP contribution in [-0.4, -0.2) is 53.4 Å². The molecule has 1 aliphatic rings. The van der Waals surface area contributed by atoms with Crippen LogP contribution in [0.15, 0.2) is 30.5 Å². The largest absolute Gasteiger partial charge is 0.375 e. The van der Waals surface area contributed by atoms with Gasteiger partial charge in [-0.3, -0.25) is 14.6 Å². The summed E-state index contributed by atoms with van der Waals surface area (Å²) < 4.78 is 0. The summed E-state index contributed by atoms with van der Waals surface area (Å²) in [6.45, 7) is 4.84. The Kier molecular flexibility index (Phi) is 5.68. The number of amides is 1. The van der Waals surface area contributed by atoms with Gasteiger partial charge in [0.05, 0.1) is 17.3 Å². The lowest BCUT2D eigenvalue weighted by molar-refractivity contribution is -0.117. The van der Waals surface area contributed by atoms with Crippen molar-refractivity contribution < 1.29 is 4.79 Å². The number of carbonyl (C=O) groups excluding carboxylic acids is 1. The van der Waals surface area contributed by atoms with Crippen molar-refractivity contribution in [3.63, 3.8) is 0 Å². The normalized spacial score (nSPS) is 16.2. The highest BCUT2D eigenvalue weighted by Crippen LogP contribution is 2.20. The first-order chi connectivity index (χ1) is 11.6. The maximum absolute atomic E-state index is 12.2. The Morgan fingerprint density at radius 2 is 1.96 bits per heavy atom. The number of carbonyl (C=O) groups is 1. The molecule has 6 nitrogen and oxygen atoms in total. The van der Waals surface area contributed by atoms with Crippen LogP contribution in [0.1, 0.15) is 4.88 Å². The van der Waals surface area contributed by atoms with E-state index in [1.54, 1.807) is 12.1 Å². The van der Waals surface area contributed by atoms with Crippen molar-refractivity contribution in [2.24, 2.45) is 0 Å². The van der Waals surface area contributed by atoms with Crippen LogP contribution >= 0.6 is 22.9 Å². The number of nitrogen functional groups attached to an aromatic ring is 1. The molecule has 0 spiro atoms. The fourth-order valence-corrected chi connectivity index (χ4v) is 3.59. The zero-order valence-electron chi connectivity index (χ0n) is 13.2. The average molecular weight is 366 g/mol. The lowest BCUT2D eigenvalue weighted by Crippen LogP contribution is -2.48. The summed E-state index contributed by atoms with van der Waals surface area (Å²) >= 11 is 7.59. The molecule has 24 heavy (non-hydrogen) atoms. The maximum Gasteiger partial charge on any atom is 0.238 e. The molecule has 1 saturated heterocycles. The van der Waals surface area contributed by atoms with Gasteiger partial charge in [0, 0.05) is 43.8 Å². The Hall–Kier alpha value is -1.67. The molecule has 8 heteroatoms. The van der Waals surface area contributed by atoms with Crippen LogP contribution in [-0.2, 0) is 11.3 Å². The lowest BCUT2D eigenvalue weighted by Gasteiger charge is -2.33. The molecule has 1 fully saturated rings. The Morgan fingerprint density at radius 3 is 2.62 bits per heavy atom. The molecule has 0 aliphatic carbocycles. The molecular weight excluding hydrogens is 346 g/mol. The number of piperazine rings is 1. The van der Waals surface area contributed by atoms with Gasteiger partial charge in [0.1, 0.15) is 0 Å². The van der Waals surface area contributed by atoms with Gasteiger partial charge in [-0.1, -0.05) is 23.7 Å². The van der Waals surface area contributed by atoms with E-state index in [0.717, 1.165) is 32.7 Å². The Bertz CT molecular complexity index is 699. The zero-order valence-corrected chi connectivity index (χ0v) is 14.8. The molecule has 3 rings (SSSR count). The molecule has 0 bridgehead atoms. The van der Waals surface area contributed by atoms with E-state index >= 15 is 0 Å². The van der Waals surface area contributed by atoms with E-state index in [4.69, 9.17) is 17.3 Å². The van der Waals surface area contributed by atoms with Gasteiger partial charge in [-0.15, -0.1) is 11.3 Å². The standard InChI is InChI=1S/C16H20ClN5OS/c17-13-3-1-2-4-14(13)20-15(23)11-22-7-5-21(6-8-22)10-12-9-19-16(18)24-12/h1-4,9H,5-8,10-11H2,(H2,18,19)(H,20,23). The second-order valence-corrected chi connectivity index (χ2v) is 7.30. The molecule has 0 saturated carbocycles. The van der Waals surface area contributed by atoms with Crippen molar-refractivity contribution in [3.05, 3.63) is 40.4 Å². The van der Waals surface area contributed by atoms with Gasteiger partial charge >= 0.3 is 0 Å². The smallest absolute Gasteiger partial charge is 0.238 e. The number of rotatable bonds is 5. The molecule has 1 aromatic heterocycles. The molecule has 0 radical (unpaired) electrons. The molecule has 0 unspecified atom stereocenters. The highest BCUT2D eigenvalue weighted by molar-refractivity contribution is 7.15. The van der Waals surface area contributed by atoms with Crippen LogP contribution in [0.4, 0.5) is 10.8 Å². The first-order valence-corrected chi connectivity index (χ1v) is 8.99. The van der Waals surface area contributed by atoms with Gasteiger partial charge in [0.15, 0.2) is 5.13 Å². The van der Waals surface area contributed by atoms with Crippen LogP contribution in [0.3, 0.4) is 0 Å². The Labute approximate surface area is 150 Å². The fraction of sp³-hybridized carbons (Fsp3) is 0.375. The topological polar surface area (TPSA) is 74.5 Å². The highest BCUT2D eigenvalue weighted by Gasteiger charge is 2.19. The number of halogens is 1. The molecule has 2 aromatic rings. The zero-order chi connectivity index (χ0) is 16.9. The molecule has 0 atom stereocenters. The third kappa shape index (κ3) is 4.67. The number of benzene rings is 1. The van der Waals surface area contributed by atoms with Crippen molar-refractivity contribution in [2.75, 3.05) is 43.8 Å². The summed E-state index contributed by atoms with van der Waals surface area (Å²) in [5, 5.41) is 4.03. The molecule has 1 amide bonds. The third-order valence-corrected chi connectivity index (χ3v) is 5.07. The number of hydrogen-bond donors (Lipinski definition) is 2. The molecule has 1 aromatic carbocycles. The number of anilines is 2. The van der Waals surface area contributed by atoms with Crippen molar-refractivity contribution in [1.29, 1.82) is 0 Å². The van der Waals surface area contributed by atoms with E-state index in [9.17, 15) is 4.79 Å². The van der Waals surface area contributed by atoms with E-state index in [0.29, 0.717) is 22.4 Å². The van der Waals surface area contributed by atoms with Gasteiger partial charge in [-0.25, -0.2) is 4.98 Å². The summed E-state index contributed by atoms with van der Waals surface area (Å²) in [6.07, 6.45) is 1.84.